The van der Waals surface area contributed by atoms with Crippen molar-refractivity contribution >= 4 is 17.9 Å². The van der Waals surface area contributed by atoms with Crippen molar-refractivity contribution in [1.82, 2.24) is 0 Å². The van der Waals surface area contributed by atoms with Gasteiger partial charge in [-0.25, -0.2) is 0 Å². The van der Waals surface area contributed by atoms with Gasteiger partial charge in [0.2, 0.25) is 0 Å². The molecule has 0 aromatic heterocycles. The van der Waals surface area contributed by atoms with Crippen LogP contribution in [0.25, 0.3) is 0 Å². The smallest absolute Gasteiger partial charge is 0.306 e. The summed E-state index contributed by atoms with van der Waals surface area (Å²) in [5.41, 5.74) is 0. The first-order valence-corrected chi connectivity index (χ1v) is 35.4. The lowest BCUT2D eigenvalue weighted by Crippen LogP contribution is -2.30. The van der Waals surface area contributed by atoms with E-state index in [2.05, 4.69) is 130 Å². The van der Waals surface area contributed by atoms with Crippen molar-refractivity contribution in [3.63, 3.8) is 0 Å². The van der Waals surface area contributed by atoms with Crippen molar-refractivity contribution in [3.05, 3.63) is 109 Å². The molecule has 0 aliphatic heterocycles. The average Bonchev–Trinajstić information content (AvgIpc) is 3.49. The third-order valence-electron chi connectivity index (χ3n) is 15.3. The molecule has 0 amide bonds. The zero-order chi connectivity index (χ0) is 59.9. The second kappa shape index (κ2) is 70.6. The largest absolute Gasteiger partial charge is 0.462 e. The highest BCUT2D eigenvalue weighted by Gasteiger charge is 2.19. The maximum Gasteiger partial charge on any atom is 0.306 e. The van der Waals surface area contributed by atoms with E-state index in [1.807, 2.05) is 0 Å². The molecule has 6 nitrogen and oxygen atoms in total. The van der Waals surface area contributed by atoms with Crippen LogP contribution in [-0.4, -0.2) is 37.2 Å². The molecule has 83 heavy (non-hydrogen) atoms. The summed E-state index contributed by atoms with van der Waals surface area (Å²) < 4.78 is 17.0. The molecule has 1 unspecified atom stereocenters. The molecule has 0 bridgehead atoms. The quantitative estimate of drug-likeness (QED) is 0.0261. The van der Waals surface area contributed by atoms with E-state index in [0.29, 0.717) is 19.3 Å². The average molecular weight is 1150 g/mol. The topological polar surface area (TPSA) is 78.9 Å². The molecule has 1 atom stereocenters. The molecule has 476 valence electrons. The van der Waals surface area contributed by atoms with E-state index in [1.54, 1.807) is 0 Å². The molecular formula is C77H132O6. The molecule has 0 aromatic carbocycles. The number of hydrogen-bond donors (Lipinski definition) is 0. The Bertz CT molecular complexity index is 1660. The van der Waals surface area contributed by atoms with Gasteiger partial charge in [-0.15, -0.1) is 0 Å². The van der Waals surface area contributed by atoms with E-state index in [4.69, 9.17) is 14.2 Å². The van der Waals surface area contributed by atoms with Crippen molar-refractivity contribution < 1.29 is 28.6 Å². The lowest BCUT2D eigenvalue weighted by Gasteiger charge is -2.18. The molecular weight excluding hydrogens is 1020 g/mol. The number of hydrogen-bond acceptors (Lipinski definition) is 6. The maximum atomic E-state index is 13.0. The van der Waals surface area contributed by atoms with Gasteiger partial charge >= 0.3 is 17.9 Å². The number of rotatable bonds is 64. The van der Waals surface area contributed by atoms with Crippen LogP contribution in [0.2, 0.25) is 0 Å². The van der Waals surface area contributed by atoms with Gasteiger partial charge in [-0.2, -0.15) is 0 Å². The molecule has 6 heteroatoms. The standard InChI is InChI=1S/C77H132O6/c1-4-7-10-13-16-19-22-25-28-31-33-35-37-38-40-41-43-46-49-52-55-58-61-64-67-70-76(79)82-73-74(72-81-75(78)69-66-63-60-57-54-51-48-45-30-27-24-21-18-15-12-9-6-3)83-77(80)71-68-65-62-59-56-53-50-47-44-42-39-36-34-32-29-26-23-20-17-14-11-8-5-2/h7,10,16,18-19,21,25,27-28,30,33,35,38,40,43,46,52,55,74H,4-6,8-9,11-15,17,20,22-24,26,29,31-32,34,36-37,39,41-42,44-45,47-51,53-54,56-73H2,1-3H3/b10-7-,19-16-,21-18-,28-25-,30-27-,35-33-,40-38-,46-43-,55-52-. The van der Waals surface area contributed by atoms with Crippen LogP contribution in [0.1, 0.15) is 342 Å². The van der Waals surface area contributed by atoms with Gasteiger partial charge in [0.25, 0.3) is 0 Å². The van der Waals surface area contributed by atoms with Gasteiger partial charge in [-0.05, 0) is 109 Å². The Morgan fingerprint density at radius 1 is 0.253 bits per heavy atom. The van der Waals surface area contributed by atoms with Crippen molar-refractivity contribution in [2.24, 2.45) is 0 Å². The molecule has 0 aliphatic carbocycles. The number of ether oxygens (including phenoxy) is 3. The van der Waals surface area contributed by atoms with Crippen LogP contribution in [0.3, 0.4) is 0 Å². The van der Waals surface area contributed by atoms with Gasteiger partial charge in [0.15, 0.2) is 6.10 Å². The van der Waals surface area contributed by atoms with Crippen molar-refractivity contribution in [3.8, 4) is 0 Å². The fourth-order valence-electron chi connectivity index (χ4n) is 9.99. The minimum Gasteiger partial charge on any atom is -0.462 e. The normalized spacial score (nSPS) is 12.8. The second-order valence-electron chi connectivity index (χ2n) is 23.4. The lowest BCUT2D eigenvalue weighted by atomic mass is 10.0. The van der Waals surface area contributed by atoms with Gasteiger partial charge in [-0.1, -0.05) is 323 Å². The van der Waals surface area contributed by atoms with Crippen LogP contribution < -0.4 is 0 Å². The van der Waals surface area contributed by atoms with Gasteiger partial charge < -0.3 is 14.2 Å². The number of unbranched alkanes of at least 4 members (excludes halogenated alkanes) is 35. The first-order chi connectivity index (χ1) is 41.0. The Morgan fingerprint density at radius 2 is 0.470 bits per heavy atom. The molecule has 0 aromatic rings. The van der Waals surface area contributed by atoms with Crippen LogP contribution >= 0.6 is 0 Å². The lowest BCUT2D eigenvalue weighted by molar-refractivity contribution is -0.167. The third-order valence-corrected chi connectivity index (χ3v) is 15.3. The number of carbonyl (C=O) groups is 3. The highest BCUT2D eigenvalue weighted by atomic mass is 16.6. The summed E-state index contributed by atoms with van der Waals surface area (Å²) in [6.07, 6.45) is 96.8. The Balaban J connectivity index is 4.42. The summed E-state index contributed by atoms with van der Waals surface area (Å²) >= 11 is 0. The van der Waals surface area contributed by atoms with Crippen LogP contribution in [0.4, 0.5) is 0 Å². The number of allylic oxidation sites excluding steroid dienone is 18. The first-order valence-electron chi connectivity index (χ1n) is 35.4. The number of carbonyl (C=O) groups excluding carboxylic acids is 3. The summed E-state index contributed by atoms with van der Waals surface area (Å²) in [6, 6.07) is 0. The Morgan fingerprint density at radius 3 is 0.771 bits per heavy atom. The SMILES string of the molecule is CC/C=C\C/C=C\C/C=C\C/C=C\C/C=C\C/C=C\C/C=C\CCCCCC(=O)OCC(COC(=O)CCCCCCCCC/C=C\C/C=C\CCCCC)OC(=O)CCCCCCCCCCCCCCCCCCCCCCCCC. The predicted octanol–water partition coefficient (Wildman–Crippen LogP) is 24.6. The Labute approximate surface area is 514 Å². The van der Waals surface area contributed by atoms with E-state index in [1.165, 1.54) is 180 Å². The summed E-state index contributed by atoms with van der Waals surface area (Å²) in [4.78, 5) is 38.5. The zero-order valence-electron chi connectivity index (χ0n) is 54.7. The molecule has 0 saturated heterocycles. The summed E-state index contributed by atoms with van der Waals surface area (Å²) in [5, 5.41) is 0. The Kier molecular flexibility index (Phi) is 67.2. The van der Waals surface area contributed by atoms with Crippen LogP contribution in [-0.2, 0) is 28.6 Å². The van der Waals surface area contributed by atoms with Crippen molar-refractivity contribution in [2.45, 2.75) is 348 Å². The molecule has 0 aliphatic rings. The van der Waals surface area contributed by atoms with Gasteiger partial charge in [0.1, 0.15) is 13.2 Å². The highest BCUT2D eigenvalue weighted by Crippen LogP contribution is 2.17. The van der Waals surface area contributed by atoms with E-state index in [-0.39, 0.29) is 31.1 Å². The van der Waals surface area contributed by atoms with Crippen LogP contribution in [0.5, 0.6) is 0 Å². The summed E-state index contributed by atoms with van der Waals surface area (Å²) in [6.45, 7) is 6.51. The van der Waals surface area contributed by atoms with Crippen LogP contribution in [0, 0.1) is 0 Å². The van der Waals surface area contributed by atoms with Gasteiger partial charge in [0, 0.05) is 19.3 Å². The monoisotopic (exact) mass is 1150 g/mol. The molecule has 0 spiro atoms. The molecule has 0 heterocycles. The highest BCUT2D eigenvalue weighted by molar-refractivity contribution is 5.71. The molecule has 0 fully saturated rings. The maximum absolute atomic E-state index is 13.0. The zero-order valence-corrected chi connectivity index (χ0v) is 54.7. The molecule has 0 rings (SSSR count). The second-order valence-corrected chi connectivity index (χ2v) is 23.4. The van der Waals surface area contributed by atoms with E-state index < -0.39 is 6.10 Å². The van der Waals surface area contributed by atoms with E-state index in [0.717, 1.165) is 122 Å². The van der Waals surface area contributed by atoms with Crippen molar-refractivity contribution in [2.75, 3.05) is 13.2 Å². The Hall–Kier alpha value is -3.93. The summed E-state index contributed by atoms with van der Waals surface area (Å²) in [7, 11) is 0. The van der Waals surface area contributed by atoms with Gasteiger partial charge in [-0.3, -0.25) is 14.4 Å². The van der Waals surface area contributed by atoms with Crippen molar-refractivity contribution in [1.29, 1.82) is 0 Å². The van der Waals surface area contributed by atoms with Crippen LogP contribution in [0.15, 0.2) is 109 Å². The number of esters is 3. The minimum absolute atomic E-state index is 0.0914. The van der Waals surface area contributed by atoms with E-state index >= 15 is 0 Å². The molecule has 0 radical (unpaired) electrons. The fourth-order valence-corrected chi connectivity index (χ4v) is 9.99. The third kappa shape index (κ3) is 68.7. The summed E-state index contributed by atoms with van der Waals surface area (Å²) in [5.74, 6) is -0.917. The first kappa shape index (κ1) is 79.1. The molecule has 0 N–H and O–H groups in total. The fraction of sp³-hybridized carbons (Fsp3) is 0.727. The predicted molar refractivity (Wildman–Crippen MR) is 362 cm³/mol. The molecule has 0 saturated carbocycles. The minimum atomic E-state index is -0.798. The van der Waals surface area contributed by atoms with E-state index in [9.17, 15) is 14.4 Å². The van der Waals surface area contributed by atoms with Gasteiger partial charge in [0.05, 0.1) is 0 Å².